The number of hydrogen-bond donors (Lipinski definition) is 2. The first-order chi connectivity index (χ1) is 17.7. The molecule has 1 heterocycles. The van der Waals surface area contributed by atoms with Crippen molar-refractivity contribution in [3.05, 3.63) is 84.9 Å². The Morgan fingerprint density at radius 3 is 2.36 bits per heavy atom. The number of imidazole rings is 1. The molecule has 2 amide bonds. The van der Waals surface area contributed by atoms with Crippen LogP contribution < -0.4 is 15.4 Å². The minimum absolute atomic E-state index is 0.211. The second-order valence-electron chi connectivity index (χ2n) is 8.24. The quantitative estimate of drug-likeness (QED) is 0.173. The van der Waals surface area contributed by atoms with Gasteiger partial charge >= 0.3 is 6.03 Å². The van der Waals surface area contributed by atoms with Gasteiger partial charge in [-0.2, -0.15) is 0 Å². The van der Waals surface area contributed by atoms with Crippen molar-refractivity contribution < 1.29 is 9.53 Å². The maximum atomic E-state index is 12.2. The van der Waals surface area contributed by atoms with Crippen LogP contribution in [0.1, 0.15) is 19.8 Å². The van der Waals surface area contributed by atoms with Gasteiger partial charge in [0.1, 0.15) is 5.75 Å². The van der Waals surface area contributed by atoms with Crippen LogP contribution in [0.4, 0.5) is 10.5 Å². The summed E-state index contributed by atoms with van der Waals surface area (Å²) in [6.45, 7) is 3.62. The molecule has 0 fully saturated rings. The molecule has 0 unspecified atom stereocenters. The van der Waals surface area contributed by atoms with Gasteiger partial charge in [-0.1, -0.05) is 78.5 Å². The summed E-state index contributed by atoms with van der Waals surface area (Å²) in [6.07, 6.45) is 1.87. The second kappa shape index (κ2) is 12.8. The van der Waals surface area contributed by atoms with E-state index < -0.39 is 0 Å². The van der Waals surface area contributed by atoms with E-state index in [1.54, 1.807) is 24.9 Å². The molecule has 0 spiro atoms. The zero-order chi connectivity index (χ0) is 25.2. The van der Waals surface area contributed by atoms with E-state index in [0.29, 0.717) is 18.0 Å². The second-order valence-corrected chi connectivity index (χ2v) is 9.30. The van der Waals surface area contributed by atoms with Gasteiger partial charge in [-0.25, -0.2) is 9.78 Å². The van der Waals surface area contributed by atoms with E-state index in [4.69, 9.17) is 9.72 Å². The van der Waals surface area contributed by atoms with Crippen LogP contribution in [-0.2, 0) is 6.54 Å². The van der Waals surface area contributed by atoms with Crippen molar-refractivity contribution in [1.29, 1.82) is 0 Å². The summed E-state index contributed by atoms with van der Waals surface area (Å²) < 4.78 is 7.50. The molecule has 4 rings (SSSR count). The number of carbonyl (C=O) groups excluding carboxylic acids is 1. The third-order valence-electron chi connectivity index (χ3n) is 5.76. The predicted octanol–water partition coefficient (Wildman–Crippen LogP) is 6.94. The summed E-state index contributed by atoms with van der Waals surface area (Å²) in [5.74, 6) is 1.64. The van der Waals surface area contributed by atoms with Crippen LogP contribution in [0.15, 0.2) is 90.1 Å². The zero-order valence-electron chi connectivity index (χ0n) is 20.7. The highest BCUT2D eigenvalue weighted by Gasteiger charge is 2.19. The predicted molar refractivity (Wildman–Crippen MR) is 149 cm³/mol. The fourth-order valence-electron chi connectivity index (χ4n) is 3.99. The number of urea groups is 1. The number of rotatable bonds is 11. The van der Waals surface area contributed by atoms with Crippen LogP contribution in [0.25, 0.3) is 22.5 Å². The molecule has 0 saturated heterocycles. The maximum absolute atomic E-state index is 12.2. The maximum Gasteiger partial charge on any atom is 0.319 e. The molecule has 0 aliphatic rings. The van der Waals surface area contributed by atoms with Gasteiger partial charge in [0, 0.05) is 41.7 Å². The fourth-order valence-corrected chi connectivity index (χ4v) is 5.05. The van der Waals surface area contributed by atoms with E-state index in [1.165, 1.54) is 5.56 Å². The molecular weight excluding hydrogens is 468 g/mol. The smallest absolute Gasteiger partial charge is 0.319 e. The van der Waals surface area contributed by atoms with E-state index in [0.717, 1.165) is 47.2 Å². The van der Waals surface area contributed by atoms with Gasteiger partial charge in [-0.15, -0.1) is 0 Å². The highest BCUT2D eigenvalue weighted by molar-refractivity contribution is 7.99. The molecule has 7 heteroatoms. The van der Waals surface area contributed by atoms with Gasteiger partial charge in [-0.05, 0) is 31.9 Å². The Kier molecular flexibility index (Phi) is 9.05. The van der Waals surface area contributed by atoms with Crippen LogP contribution in [-0.4, -0.2) is 35.0 Å². The van der Waals surface area contributed by atoms with Crippen molar-refractivity contribution in [1.82, 2.24) is 14.9 Å². The van der Waals surface area contributed by atoms with Crippen molar-refractivity contribution in [2.75, 3.05) is 24.7 Å². The summed E-state index contributed by atoms with van der Waals surface area (Å²) in [7, 11) is 1.61. The lowest BCUT2D eigenvalue weighted by atomic mass is 10.0. The van der Waals surface area contributed by atoms with Crippen LogP contribution in [0.2, 0.25) is 0 Å². The Morgan fingerprint density at radius 2 is 1.67 bits per heavy atom. The topological polar surface area (TPSA) is 68.2 Å². The van der Waals surface area contributed by atoms with E-state index >= 15 is 0 Å². The van der Waals surface area contributed by atoms with Gasteiger partial charge in [0.05, 0.1) is 18.5 Å². The Bertz CT molecular complexity index is 1260. The van der Waals surface area contributed by atoms with Crippen LogP contribution >= 0.6 is 11.8 Å². The summed E-state index contributed by atoms with van der Waals surface area (Å²) in [5, 5.41) is 6.79. The van der Waals surface area contributed by atoms with Crippen LogP contribution in [0.3, 0.4) is 0 Å². The summed E-state index contributed by atoms with van der Waals surface area (Å²) >= 11 is 1.77. The first kappa shape index (κ1) is 25.4. The molecule has 36 heavy (non-hydrogen) atoms. The third-order valence-corrected chi connectivity index (χ3v) is 6.82. The average Bonchev–Trinajstić information content (AvgIpc) is 3.30. The van der Waals surface area contributed by atoms with Crippen molar-refractivity contribution >= 4 is 23.5 Å². The molecule has 3 aromatic carbocycles. The lowest BCUT2D eigenvalue weighted by Crippen LogP contribution is -2.29. The Balaban J connectivity index is 1.34. The molecule has 6 nitrogen and oxygen atoms in total. The number of nitrogens with zero attached hydrogens (tertiary/aromatic N) is 2. The van der Waals surface area contributed by atoms with Crippen LogP contribution in [0, 0.1) is 0 Å². The highest BCUT2D eigenvalue weighted by Crippen LogP contribution is 2.36. The standard InChI is InChI=1S/C29H32N4O2S/c1-3-33-27(23-15-8-5-9-16-23)26(22-13-6-4-7-14-22)32-29(33)36-20-11-10-19-30-28(34)31-24-17-12-18-25(21-24)35-2/h4-9,12-18,21H,3,10-11,19-20H2,1-2H3,(H2,30,31,34). The first-order valence-corrected chi connectivity index (χ1v) is 13.2. The van der Waals surface area contributed by atoms with Gasteiger partial charge in [-0.3, -0.25) is 0 Å². The molecule has 0 saturated carbocycles. The molecule has 4 aromatic rings. The molecule has 0 aliphatic heterocycles. The normalized spacial score (nSPS) is 10.7. The van der Waals surface area contributed by atoms with E-state index in [1.807, 2.05) is 30.3 Å². The Labute approximate surface area is 217 Å². The average molecular weight is 501 g/mol. The number of hydrogen-bond acceptors (Lipinski definition) is 4. The minimum Gasteiger partial charge on any atom is -0.497 e. The lowest BCUT2D eigenvalue weighted by Gasteiger charge is -2.11. The van der Waals surface area contributed by atoms with Gasteiger partial charge in [0.15, 0.2) is 5.16 Å². The highest BCUT2D eigenvalue weighted by atomic mass is 32.2. The number of anilines is 1. The number of methoxy groups -OCH3 is 1. The van der Waals surface area contributed by atoms with Gasteiger partial charge < -0.3 is 19.9 Å². The summed E-state index contributed by atoms with van der Waals surface area (Å²) in [5.41, 5.74) is 5.17. The van der Waals surface area contributed by atoms with Crippen molar-refractivity contribution in [3.63, 3.8) is 0 Å². The SMILES string of the molecule is CCn1c(SCCCCNC(=O)Nc2cccc(OC)c2)nc(-c2ccccc2)c1-c1ccccc1. The number of ether oxygens (including phenoxy) is 1. The first-order valence-electron chi connectivity index (χ1n) is 12.2. The molecule has 0 aliphatic carbocycles. The van der Waals surface area contributed by atoms with E-state index in [2.05, 4.69) is 70.7 Å². The van der Waals surface area contributed by atoms with E-state index in [-0.39, 0.29) is 6.03 Å². The molecule has 2 N–H and O–H groups in total. The van der Waals surface area contributed by atoms with Crippen molar-refractivity contribution in [3.8, 4) is 28.3 Å². The Morgan fingerprint density at radius 1 is 0.944 bits per heavy atom. The number of aromatic nitrogens is 2. The van der Waals surface area contributed by atoms with Crippen molar-refractivity contribution in [2.45, 2.75) is 31.5 Å². The molecule has 0 radical (unpaired) electrons. The lowest BCUT2D eigenvalue weighted by molar-refractivity contribution is 0.252. The summed E-state index contributed by atoms with van der Waals surface area (Å²) in [6, 6.07) is 28.0. The largest absolute Gasteiger partial charge is 0.497 e. The number of nitrogens with one attached hydrogen (secondary N) is 2. The van der Waals surface area contributed by atoms with Gasteiger partial charge in [0.2, 0.25) is 0 Å². The van der Waals surface area contributed by atoms with Crippen molar-refractivity contribution in [2.24, 2.45) is 0 Å². The summed E-state index contributed by atoms with van der Waals surface area (Å²) in [4.78, 5) is 17.2. The van der Waals surface area contributed by atoms with Gasteiger partial charge in [0.25, 0.3) is 0 Å². The minimum atomic E-state index is -0.211. The number of carbonyl (C=O) groups is 1. The fraction of sp³-hybridized carbons (Fsp3) is 0.241. The number of thioether (sulfide) groups is 1. The Hall–Kier alpha value is -3.71. The number of benzene rings is 3. The molecular formula is C29H32N4O2S. The monoisotopic (exact) mass is 500 g/mol. The molecule has 186 valence electrons. The zero-order valence-corrected chi connectivity index (χ0v) is 21.6. The number of unbranched alkanes of at least 4 members (excludes halogenated alkanes) is 1. The molecule has 0 bridgehead atoms. The third kappa shape index (κ3) is 6.49. The van der Waals surface area contributed by atoms with E-state index in [9.17, 15) is 4.79 Å². The van der Waals surface area contributed by atoms with Crippen LogP contribution in [0.5, 0.6) is 5.75 Å². The molecule has 1 aromatic heterocycles. The molecule has 0 atom stereocenters. The number of amides is 2.